The van der Waals surface area contributed by atoms with Crippen LogP contribution in [-0.2, 0) is 6.61 Å². The van der Waals surface area contributed by atoms with Crippen LogP contribution in [0.3, 0.4) is 0 Å². The summed E-state index contributed by atoms with van der Waals surface area (Å²) in [5.74, 6) is -2.24. The zero-order valence-electron chi connectivity index (χ0n) is 22.3. The molecule has 216 valence electrons. The quantitative estimate of drug-likeness (QED) is 0.243. The second-order valence-electron chi connectivity index (χ2n) is 9.59. The van der Waals surface area contributed by atoms with Gasteiger partial charge in [0.15, 0.2) is 0 Å². The highest BCUT2D eigenvalue weighted by Crippen LogP contribution is 2.31. The number of nitrogens with zero attached hydrogens (tertiary/aromatic N) is 3. The summed E-state index contributed by atoms with van der Waals surface area (Å²) in [7, 11) is 0. The highest BCUT2D eigenvalue weighted by Gasteiger charge is 2.22. The van der Waals surface area contributed by atoms with Crippen LogP contribution < -0.4 is 21.1 Å². The predicted molar refractivity (Wildman–Crippen MR) is 146 cm³/mol. The predicted octanol–water partition coefficient (Wildman–Crippen LogP) is 3.09. The Kier molecular flexibility index (Phi) is 12.3. The smallest absolute Gasteiger partial charge is 0.319 e. The third-order valence-corrected chi connectivity index (χ3v) is 7.39. The second kappa shape index (κ2) is 15.7. The molecular formula is C26H38F2N6O4S. The van der Waals surface area contributed by atoms with Gasteiger partial charge in [-0.1, -0.05) is 19.3 Å². The Hall–Kier alpha value is -2.87. The first kappa shape index (κ1) is 30.7. The zero-order chi connectivity index (χ0) is 28.2. The van der Waals surface area contributed by atoms with Crippen LogP contribution in [0.1, 0.15) is 53.6 Å². The van der Waals surface area contributed by atoms with Crippen LogP contribution in [0.5, 0.6) is 5.88 Å². The number of halogens is 2. The molecule has 39 heavy (non-hydrogen) atoms. The number of nitrogens with two attached hydrogens (primary N) is 1. The topological polar surface area (TPSA) is 133 Å². The number of aromatic nitrogens is 1. The van der Waals surface area contributed by atoms with Gasteiger partial charge in [0.2, 0.25) is 5.88 Å². The van der Waals surface area contributed by atoms with Crippen LogP contribution in [0.25, 0.3) is 0 Å². The summed E-state index contributed by atoms with van der Waals surface area (Å²) in [4.78, 5) is 29.0. The Bertz CT molecular complexity index is 1090. The normalized spacial score (nSPS) is 14.4. The molecule has 0 saturated carbocycles. The van der Waals surface area contributed by atoms with E-state index in [4.69, 9.17) is 15.6 Å². The molecule has 1 aliphatic rings. The Balaban J connectivity index is 1.33. The minimum atomic E-state index is -0.864. The van der Waals surface area contributed by atoms with Crippen molar-refractivity contribution >= 4 is 28.5 Å². The van der Waals surface area contributed by atoms with E-state index in [2.05, 4.69) is 24.8 Å². The number of ether oxygens (including phenoxy) is 1. The zero-order valence-corrected chi connectivity index (χ0v) is 23.1. The fourth-order valence-corrected chi connectivity index (χ4v) is 5.07. The number of aryl methyl sites for hydroxylation is 1. The van der Waals surface area contributed by atoms with Crippen LogP contribution in [0, 0.1) is 18.6 Å². The van der Waals surface area contributed by atoms with Crippen molar-refractivity contribution < 1.29 is 28.2 Å². The average Bonchev–Trinajstić information content (AvgIpc) is 3.30. The Morgan fingerprint density at radius 1 is 1.05 bits per heavy atom. The molecule has 1 fully saturated rings. The maximum absolute atomic E-state index is 14.1. The van der Waals surface area contributed by atoms with E-state index < -0.39 is 23.6 Å². The van der Waals surface area contributed by atoms with Crippen molar-refractivity contribution in [1.82, 2.24) is 19.5 Å². The van der Waals surface area contributed by atoms with Gasteiger partial charge in [-0.05, 0) is 55.5 Å². The van der Waals surface area contributed by atoms with Crippen molar-refractivity contribution in [1.29, 1.82) is 0 Å². The van der Waals surface area contributed by atoms with E-state index in [1.165, 1.54) is 6.92 Å². The van der Waals surface area contributed by atoms with E-state index in [0.717, 1.165) is 95.0 Å². The summed E-state index contributed by atoms with van der Waals surface area (Å²) in [6.45, 7) is 7.76. The van der Waals surface area contributed by atoms with Crippen molar-refractivity contribution in [2.75, 3.05) is 57.7 Å². The summed E-state index contributed by atoms with van der Waals surface area (Å²) >= 11 is 0.811. The first-order chi connectivity index (χ1) is 18.8. The van der Waals surface area contributed by atoms with Gasteiger partial charge in [0, 0.05) is 44.8 Å². The molecule has 13 heteroatoms. The summed E-state index contributed by atoms with van der Waals surface area (Å²) in [5.41, 5.74) is 5.46. The van der Waals surface area contributed by atoms with Gasteiger partial charge in [0.1, 0.15) is 28.8 Å². The lowest BCUT2D eigenvalue weighted by Gasteiger charge is -2.34. The molecule has 3 rings (SSSR count). The fourth-order valence-electron chi connectivity index (χ4n) is 4.34. The SMILES string of the molecule is Cc1cc(F)c(COc2nsc(NC(=O)NCCCCCCCN3CCN(CCO)CC3)c2C(N)=O)cc1F. The van der Waals surface area contributed by atoms with Gasteiger partial charge in [-0.3, -0.25) is 15.0 Å². The van der Waals surface area contributed by atoms with Crippen molar-refractivity contribution in [3.05, 3.63) is 40.5 Å². The number of unbranched alkanes of at least 4 members (excludes halogenated alkanes) is 4. The first-order valence-corrected chi connectivity index (χ1v) is 14.0. The standard InChI is InChI=1S/C26H38F2N6O4S/c1-18-15-21(28)19(16-20(18)27)17-38-24-22(23(29)36)25(39-32-24)31-26(37)30-7-5-3-2-4-6-8-33-9-11-34(12-10-33)13-14-35/h15-16,35H,2-14,17H2,1H3,(H2,29,36)(H2,30,31,37). The van der Waals surface area contributed by atoms with Gasteiger partial charge in [0.25, 0.3) is 5.91 Å². The van der Waals surface area contributed by atoms with E-state index in [-0.39, 0.29) is 40.8 Å². The molecule has 2 heterocycles. The Labute approximate surface area is 231 Å². The van der Waals surface area contributed by atoms with E-state index in [1.807, 2.05) is 0 Å². The number of anilines is 1. The minimum Gasteiger partial charge on any atom is -0.471 e. The van der Waals surface area contributed by atoms with Crippen LogP contribution in [-0.4, -0.2) is 83.6 Å². The number of benzene rings is 1. The number of piperazine rings is 1. The highest BCUT2D eigenvalue weighted by molar-refractivity contribution is 7.11. The fraction of sp³-hybridized carbons (Fsp3) is 0.577. The van der Waals surface area contributed by atoms with Crippen LogP contribution in [0.2, 0.25) is 0 Å². The summed E-state index contributed by atoms with van der Waals surface area (Å²) in [6, 6.07) is 1.58. The molecule has 0 spiro atoms. The Morgan fingerprint density at radius 3 is 2.41 bits per heavy atom. The number of hydrogen-bond acceptors (Lipinski definition) is 8. The summed E-state index contributed by atoms with van der Waals surface area (Å²) in [5, 5.41) is 14.5. The van der Waals surface area contributed by atoms with Crippen LogP contribution in [0.4, 0.5) is 18.6 Å². The van der Waals surface area contributed by atoms with Crippen LogP contribution >= 0.6 is 11.5 Å². The van der Waals surface area contributed by atoms with Gasteiger partial charge in [-0.25, -0.2) is 13.6 Å². The van der Waals surface area contributed by atoms with Gasteiger partial charge in [-0.15, -0.1) is 0 Å². The monoisotopic (exact) mass is 568 g/mol. The maximum Gasteiger partial charge on any atom is 0.319 e. The molecule has 10 nitrogen and oxygen atoms in total. The molecule has 5 N–H and O–H groups in total. The Morgan fingerprint density at radius 2 is 1.72 bits per heavy atom. The molecule has 0 bridgehead atoms. The number of aliphatic hydroxyl groups excluding tert-OH is 1. The molecule has 0 atom stereocenters. The lowest BCUT2D eigenvalue weighted by molar-refractivity contribution is 0.0996. The number of amides is 3. The summed E-state index contributed by atoms with van der Waals surface area (Å²) < 4.78 is 37.3. The van der Waals surface area contributed by atoms with E-state index >= 15 is 0 Å². The molecule has 0 aliphatic carbocycles. The third kappa shape index (κ3) is 9.67. The second-order valence-corrected chi connectivity index (χ2v) is 10.4. The number of primary amides is 1. The van der Waals surface area contributed by atoms with Crippen molar-refractivity contribution in [3.63, 3.8) is 0 Å². The van der Waals surface area contributed by atoms with Crippen molar-refractivity contribution in [2.24, 2.45) is 5.73 Å². The maximum atomic E-state index is 14.1. The molecule has 1 saturated heterocycles. The molecule has 2 aromatic rings. The number of rotatable bonds is 15. The number of aliphatic hydroxyl groups is 1. The van der Waals surface area contributed by atoms with Crippen molar-refractivity contribution in [2.45, 2.75) is 45.6 Å². The molecule has 1 aromatic carbocycles. The van der Waals surface area contributed by atoms with E-state index in [0.29, 0.717) is 6.54 Å². The van der Waals surface area contributed by atoms with Crippen LogP contribution in [0.15, 0.2) is 12.1 Å². The van der Waals surface area contributed by atoms with Gasteiger partial charge in [-0.2, -0.15) is 4.37 Å². The van der Waals surface area contributed by atoms with Gasteiger partial charge < -0.3 is 25.8 Å². The largest absolute Gasteiger partial charge is 0.471 e. The number of carbonyl (C=O) groups excluding carboxylic acids is 2. The number of β-amino-alcohol motifs (C(OH)–C–C–N with tert-alkyl or cyclic N) is 1. The number of hydrogen-bond donors (Lipinski definition) is 4. The molecular weight excluding hydrogens is 530 g/mol. The molecule has 0 unspecified atom stereocenters. The molecule has 1 aromatic heterocycles. The summed E-state index contributed by atoms with van der Waals surface area (Å²) in [6.07, 6.45) is 5.18. The minimum absolute atomic E-state index is 0.0362. The number of urea groups is 1. The highest BCUT2D eigenvalue weighted by atomic mass is 32.1. The average molecular weight is 569 g/mol. The van der Waals surface area contributed by atoms with E-state index in [9.17, 15) is 18.4 Å². The third-order valence-electron chi connectivity index (χ3n) is 6.64. The molecule has 0 radical (unpaired) electrons. The number of carbonyl (C=O) groups is 2. The lowest BCUT2D eigenvalue weighted by Crippen LogP contribution is -2.47. The molecule has 3 amide bonds. The first-order valence-electron chi connectivity index (χ1n) is 13.3. The van der Waals surface area contributed by atoms with Gasteiger partial charge in [0.05, 0.1) is 6.61 Å². The van der Waals surface area contributed by atoms with Gasteiger partial charge >= 0.3 is 6.03 Å². The molecule has 1 aliphatic heterocycles. The van der Waals surface area contributed by atoms with Crippen molar-refractivity contribution in [3.8, 4) is 5.88 Å². The number of nitrogens with one attached hydrogen (secondary N) is 2. The lowest BCUT2D eigenvalue weighted by atomic mass is 10.1. The van der Waals surface area contributed by atoms with E-state index in [1.54, 1.807) is 0 Å².